The molecule has 0 aliphatic heterocycles. The van der Waals surface area contributed by atoms with Crippen molar-refractivity contribution >= 4 is 27.9 Å². The first kappa shape index (κ1) is 12.5. The van der Waals surface area contributed by atoms with Gasteiger partial charge in [0.1, 0.15) is 0 Å². The van der Waals surface area contributed by atoms with Gasteiger partial charge in [0, 0.05) is 16.9 Å². The molecule has 100 valence electrons. The van der Waals surface area contributed by atoms with Crippen molar-refractivity contribution in [1.82, 2.24) is 15.2 Å². The molecular formula is C12H7BrN4O3. The zero-order valence-electron chi connectivity index (χ0n) is 9.91. The number of pyridine rings is 1. The fraction of sp³-hybridized carbons (Fsp3) is 0. The van der Waals surface area contributed by atoms with Crippen molar-refractivity contribution in [1.29, 1.82) is 0 Å². The topological polar surface area (TPSA) is 94.1 Å². The minimum atomic E-state index is -0.395. The van der Waals surface area contributed by atoms with Crippen LogP contribution >= 0.6 is 15.9 Å². The summed E-state index contributed by atoms with van der Waals surface area (Å²) < 4.78 is 11.1. The maximum absolute atomic E-state index is 11.9. The number of aromatic nitrogens is 3. The smallest absolute Gasteiger partial charge is 0.322 e. The number of hydrogen-bond donors (Lipinski definition) is 1. The predicted molar refractivity (Wildman–Crippen MR) is 71.9 cm³/mol. The first-order valence-corrected chi connectivity index (χ1v) is 6.31. The molecule has 3 heterocycles. The highest BCUT2D eigenvalue weighted by atomic mass is 79.9. The fourth-order valence-corrected chi connectivity index (χ4v) is 1.84. The van der Waals surface area contributed by atoms with E-state index in [9.17, 15) is 4.79 Å². The number of anilines is 1. The van der Waals surface area contributed by atoms with Crippen molar-refractivity contribution in [2.75, 3.05) is 5.32 Å². The molecule has 7 nitrogen and oxygen atoms in total. The van der Waals surface area contributed by atoms with Gasteiger partial charge in [0.25, 0.3) is 11.8 Å². The Morgan fingerprint density at radius 2 is 2.20 bits per heavy atom. The maximum Gasteiger partial charge on any atom is 0.322 e. The third-order valence-corrected chi connectivity index (χ3v) is 2.78. The molecule has 0 fully saturated rings. The van der Waals surface area contributed by atoms with Crippen molar-refractivity contribution < 1.29 is 13.6 Å². The van der Waals surface area contributed by atoms with Crippen LogP contribution in [0.5, 0.6) is 0 Å². The zero-order valence-corrected chi connectivity index (χ0v) is 11.5. The lowest BCUT2D eigenvalue weighted by molar-refractivity contribution is 0.102. The van der Waals surface area contributed by atoms with Crippen LogP contribution in [0.1, 0.15) is 10.4 Å². The van der Waals surface area contributed by atoms with Crippen LogP contribution in [0.2, 0.25) is 0 Å². The van der Waals surface area contributed by atoms with E-state index in [1.807, 2.05) is 0 Å². The van der Waals surface area contributed by atoms with Gasteiger partial charge in [-0.2, -0.15) is 0 Å². The molecule has 0 saturated heterocycles. The van der Waals surface area contributed by atoms with Crippen LogP contribution in [-0.2, 0) is 0 Å². The second-order valence-electron chi connectivity index (χ2n) is 3.74. The third-order valence-electron chi connectivity index (χ3n) is 2.34. The van der Waals surface area contributed by atoms with Gasteiger partial charge >= 0.3 is 6.01 Å². The Morgan fingerprint density at radius 3 is 2.95 bits per heavy atom. The molecule has 20 heavy (non-hydrogen) atoms. The second kappa shape index (κ2) is 5.25. The number of nitrogens with one attached hydrogen (secondary N) is 1. The lowest BCUT2D eigenvalue weighted by Gasteiger charge is -1.99. The van der Waals surface area contributed by atoms with Gasteiger partial charge in [-0.25, -0.2) is 0 Å². The van der Waals surface area contributed by atoms with E-state index in [4.69, 9.17) is 8.83 Å². The number of nitrogens with zero attached hydrogens (tertiary/aromatic N) is 3. The molecule has 0 atom stereocenters. The molecule has 3 aromatic heterocycles. The van der Waals surface area contributed by atoms with Gasteiger partial charge in [-0.05, 0) is 34.1 Å². The summed E-state index contributed by atoms with van der Waals surface area (Å²) in [5.74, 6) is 0.230. The van der Waals surface area contributed by atoms with Crippen LogP contribution in [-0.4, -0.2) is 21.1 Å². The van der Waals surface area contributed by atoms with E-state index in [1.165, 1.54) is 12.5 Å². The average molecular weight is 335 g/mol. The van der Waals surface area contributed by atoms with E-state index in [2.05, 4.69) is 36.4 Å². The van der Waals surface area contributed by atoms with Gasteiger partial charge in [0.05, 0.1) is 11.8 Å². The van der Waals surface area contributed by atoms with Gasteiger partial charge in [-0.15, -0.1) is 5.10 Å². The molecule has 8 heteroatoms. The zero-order chi connectivity index (χ0) is 13.9. The standard InChI is InChI=1S/C12H7BrN4O3/c13-8-4-7(5-14-6-8)10(18)15-12-17-16-11(20-12)9-2-1-3-19-9/h1-6H,(H,15,17,18). The summed E-state index contributed by atoms with van der Waals surface area (Å²) in [6.45, 7) is 0. The number of amides is 1. The summed E-state index contributed by atoms with van der Waals surface area (Å²) in [6.07, 6.45) is 4.51. The minimum Gasteiger partial charge on any atom is -0.459 e. The lowest BCUT2D eigenvalue weighted by atomic mass is 10.3. The highest BCUT2D eigenvalue weighted by molar-refractivity contribution is 9.10. The molecule has 0 bridgehead atoms. The summed E-state index contributed by atoms with van der Waals surface area (Å²) in [6, 6.07) is 5.00. The van der Waals surface area contributed by atoms with Crippen LogP contribution in [0.4, 0.5) is 6.01 Å². The Balaban J connectivity index is 1.77. The first-order chi connectivity index (χ1) is 9.72. The van der Waals surface area contributed by atoms with E-state index >= 15 is 0 Å². The van der Waals surface area contributed by atoms with Crippen molar-refractivity contribution in [2.24, 2.45) is 0 Å². The summed E-state index contributed by atoms with van der Waals surface area (Å²) in [5.41, 5.74) is 0.372. The summed E-state index contributed by atoms with van der Waals surface area (Å²) in [7, 11) is 0. The molecule has 0 aromatic carbocycles. The normalized spacial score (nSPS) is 10.4. The molecule has 1 N–H and O–H groups in total. The highest BCUT2D eigenvalue weighted by Crippen LogP contribution is 2.20. The molecule has 0 unspecified atom stereocenters. The van der Waals surface area contributed by atoms with E-state index in [-0.39, 0.29) is 11.9 Å². The average Bonchev–Trinajstić information content (AvgIpc) is 3.08. The first-order valence-electron chi connectivity index (χ1n) is 5.51. The molecule has 0 aliphatic carbocycles. The Bertz CT molecular complexity index is 739. The van der Waals surface area contributed by atoms with Gasteiger partial charge in [0.2, 0.25) is 0 Å². The quantitative estimate of drug-likeness (QED) is 0.791. The van der Waals surface area contributed by atoms with Gasteiger partial charge < -0.3 is 8.83 Å². The lowest BCUT2D eigenvalue weighted by Crippen LogP contribution is -2.12. The van der Waals surface area contributed by atoms with E-state index in [1.54, 1.807) is 24.4 Å². The SMILES string of the molecule is O=C(Nc1nnc(-c2ccco2)o1)c1cncc(Br)c1. The Labute approximate surface area is 121 Å². The molecule has 1 amide bonds. The molecule has 0 saturated carbocycles. The monoisotopic (exact) mass is 334 g/mol. The van der Waals surface area contributed by atoms with Crippen LogP contribution in [0.25, 0.3) is 11.7 Å². The summed E-state index contributed by atoms with van der Waals surface area (Å²) >= 11 is 3.24. The summed E-state index contributed by atoms with van der Waals surface area (Å²) in [4.78, 5) is 15.8. The van der Waals surface area contributed by atoms with Crippen molar-refractivity contribution in [3.8, 4) is 11.7 Å². The second-order valence-corrected chi connectivity index (χ2v) is 4.65. The van der Waals surface area contributed by atoms with Crippen LogP contribution in [0.3, 0.4) is 0 Å². The van der Waals surface area contributed by atoms with Gasteiger partial charge in [0.15, 0.2) is 5.76 Å². The highest BCUT2D eigenvalue weighted by Gasteiger charge is 2.14. The number of halogens is 1. The molecule has 0 aliphatic rings. The van der Waals surface area contributed by atoms with Crippen molar-refractivity contribution in [2.45, 2.75) is 0 Å². The molecule has 3 rings (SSSR count). The number of hydrogen-bond acceptors (Lipinski definition) is 6. The fourth-order valence-electron chi connectivity index (χ4n) is 1.48. The minimum absolute atomic E-state index is 0.0126. The molecule has 0 spiro atoms. The van der Waals surface area contributed by atoms with Crippen LogP contribution in [0, 0.1) is 0 Å². The van der Waals surface area contributed by atoms with Crippen LogP contribution in [0.15, 0.2) is 50.2 Å². The Morgan fingerprint density at radius 1 is 1.30 bits per heavy atom. The molecule has 3 aromatic rings. The van der Waals surface area contributed by atoms with Gasteiger partial charge in [-0.1, -0.05) is 5.10 Å². The number of rotatable bonds is 3. The third kappa shape index (κ3) is 2.59. The van der Waals surface area contributed by atoms with Crippen molar-refractivity contribution in [3.05, 3.63) is 46.9 Å². The number of carbonyl (C=O) groups excluding carboxylic acids is 1. The van der Waals surface area contributed by atoms with Crippen molar-refractivity contribution in [3.63, 3.8) is 0 Å². The van der Waals surface area contributed by atoms with E-state index in [0.717, 1.165) is 0 Å². The Kier molecular flexibility index (Phi) is 3.30. The maximum atomic E-state index is 11.9. The van der Waals surface area contributed by atoms with E-state index in [0.29, 0.717) is 15.8 Å². The van der Waals surface area contributed by atoms with Crippen LogP contribution < -0.4 is 5.32 Å². The predicted octanol–water partition coefficient (Wildman–Crippen LogP) is 2.74. The van der Waals surface area contributed by atoms with Gasteiger partial charge in [-0.3, -0.25) is 15.1 Å². The Hall–Kier alpha value is -2.48. The largest absolute Gasteiger partial charge is 0.459 e. The summed E-state index contributed by atoms with van der Waals surface area (Å²) in [5, 5.41) is 9.98. The number of carbonyl (C=O) groups is 1. The molecular weight excluding hydrogens is 328 g/mol. The van der Waals surface area contributed by atoms with E-state index < -0.39 is 5.91 Å². The molecule has 0 radical (unpaired) electrons. The number of furan rings is 1.